The van der Waals surface area contributed by atoms with Gasteiger partial charge in [-0.15, -0.1) is 0 Å². The number of sulfonamides is 1. The molecular formula is C19H22FN3O3S. The number of halogens is 1. The first kappa shape index (κ1) is 18.3. The van der Waals surface area contributed by atoms with Crippen LogP contribution in [-0.2, 0) is 16.6 Å². The van der Waals surface area contributed by atoms with Gasteiger partial charge in [0.15, 0.2) is 0 Å². The average molecular weight is 391 g/mol. The summed E-state index contributed by atoms with van der Waals surface area (Å²) in [6.45, 7) is 2.58. The molecule has 0 amide bonds. The van der Waals surface area contributed by atoms with Gasteiger partial charge < -0.3 is 4.74 Å². The van der Waals surface area contributed by atoms with Gasteiger partial charge >= 0.3 is 0 Å². The van der Waals surface area contributed by atoms with Crippen molar-refractivity contribution in [1.29, 1.82) is 0 Å². The second kappa shape index (κ2) is 6.85. The summed E-state index contributed by atoms with van der Waals surface area (Å²) in [6, 6.07) is 9.67. The number of rotatable bonds is 2. The van der Waals surface area contributed by atoms with Crippen molar-refractivity contribution in [2.24, 2.45) is 0 Å². The maximum Gasteiger partial charge on any atom is 0.248 e. The fourth-order valence-corrected chi connectivity index (χ4v) is 5.08. The van der Waals surface area contributed by atoms with Crippen molar-refractivity contribution >= 4 is 10.0 Å². The van der Waals surface area contributed by atoms with Crippen LogP contribution >= 0.6 is 0 Å². The molecule has 1 fully saturated rings. The fraction of sp³-hybridized carbons (Fsp3) is 0.421. The molecule has 0 saturated carbocycles. The van der Waals surface area contributed by atoms with E-state index in [-0.39, 0.29) is 16.6 Å². The molecule has 0 bridgehead atoms. The standard InChI is InChI=1S/C19H22FN3O3S/c1-22-14-19(26-18-17(27(22,24)25)3-2-10-21-18)8-11-23(12-9-19)13-15-4-6-16(20)7-5-15/h2-7,10H,8-9,11-14H2,1H3. The number of piperidine rings is 1. The molecular weight excluding hydrogens is 369 g/mol. The first-order valence-corrected chi connectivity index (χ1v) is 10.4. The van der Waals surface area contributed by atoms with Gasteiger partial charge in [-0.3, -0.25) is 4.90 Å². The Morgan fingerprint density at radius 2 is 1.89 bits per heavy atom. The molecule has 1 saturated heterocycles. The van der Waals surface area contributed by atoms with Gasteiger partial charge in [-0.2, -0.15) is 4.31 Å². The highest BCUT2D eigenvalue weighted by Gasteiger charge is 2.44. The number of nitrogens with zero attached hydrogens (tertiary/aromatic N) is 3. The van der Waals surface area contributed by atoms with Crippen LogP contribution in [0, 0.1) is 5.82 Å². The predicted molar refractivity (Wildman–Crippen MR) is 98.3 cm³/mol. The number of likely N-dealkylation sites (tertiary alicyclic amines) is 1. The van der Waals surface area contributed by atoms with E-state index in [1.165, 1.54) is 22.5 Å². The third kappa shape index (κ3) is 3.56. The zero-order chi connectivity index (χ0) is 19.1. The van der Waals surface area contributed by atoms with Crippen molar-refractivity contribution in [3.05, 3.63) is 54.0 Å². The van der Waals surface area contributed by atoms with Gasteiger partial charge in [0.1, 0.15) is 16.3 Å². The van der Waals surface area contributed by atoms with E-state index >= 15 is 0 Å². The lowest BCUT2D eigenvalue weighted by atomic mass is 9.90. The molecule has 144 valence electrons. The molecule has 2 aliphatic heterocycles. The highest BCUT2D eigenvalue weighted by atomic mass is 32.2. The molecule has 0 N–H and O–H groups in total. The molecule has 6 nitrogen and oxygen atoms in total. The molecule has 0 atom stereocenters. The van der Waals surface area contributed by atoms with Crippen LogP contribution in [0.5, 0.6) is 5.88 Å². The minimum Gasteiger partial charge on any atom is -0.469 e. The normalized spacial score (nSPS) is 22.0. The molecule has 1 aromatic heterocycles. The van der Waals surface area contributed by atoms with Crippen molar-refractivity contribution < 1.29 is 17.5 Å². The topological polar surface area (TPSA) is 62.7 Å². The monoisotopic (exact) mass is 391 g/mol. The van der Waals surface area contributed by atoms with Gasteiger partial charge in [0.2, 0.25) is 15.9 Å². The molecule has 1 spiro atoms. The lowest BCUT2D eigenvalue weighted by Gasteiger charge is -2.41. The molecule has 2 aliphatic rings. The highest BCUT2D eigenvalue weighted by molar-refractivity contribution is 7.89. The van der Waals surface area contributed by atoms with E-state index in [4.69, 9.17) is 4.74 Å². The van der Waals surface area contributed by atoms with Crippen LogP contribution in [0.2, 0.25) is 0 Å². The van der Waals surface area contributed by atoms with Crippen molar-refractivity contribution in [3.63, 3.8) is 0 Å². The molecule has 8 heteroatoms. The zero-order valence-electron chi connectivity index (χ0n) is 15.1. The van der Waals surface area contributed by atoms with Crippen molar-refractivity contribution in [2.75, 3.05) is 26.7 Å². The Balaban J connectivity index is 1.51. The van der Waals surface area contributed by atoms with Crippen LogP contribution in [0.4, 0.5) is 4.39 Å². The van der Waals surface area contributed by atoms with E-state index < -0.39 is 15.6 Å². The van der Waals surface area contributed by atoms with Crippen molar-refractivity contribution in [3.8, 4) is 5.88 Å². The number of aromatic nitrogens is 1. The van der Waals surface area contributed by atoms with Gasteiger partial charge in [-0.05, 0) is 29.8 Å². The van der Waals surface area contributed by atoms with Crippen LogP contribution in [0.25, 0.3) is 0 Å². The summed E-state index contributed by atoms with van der Waals surface area (Å²) in [6.07, 6.45) is 2.95. The summed E-state index contributed by atoms with van der Waals surface area (Å²) in [5, 5.41) is 0. The van der Waals surface area contributed by atoms with E-state index in [1.807, 2.05) is 0 Å². The highest BCUT2D eigenvalue weighted by Crippen LogP contribution is 2.37. The molecule has 27 heavy (non-hydrogen) atoms. The fourth-order valence-electron chi connectivity index (χ4n) is 3.77. The largest absolute Gasteiger partial charge is 0.469 e. The Morgan fingerprint density at radius 3 is 2.59 bits per heavy atom. The first-order chi connectivity index (χ1) is 12.9. The SMILES string of the molecule is CN1CC2(CCN(Cc3ccc(F)cc3)CC2)Oc2ncccc2S1(=O)=O. The van der Waals surface area contributed by atoms with Crippen LogP contribution in [0.15, 0.2) is 47.5 Å². The van der Waals surface area contributed by atoms with Gasteiger partial charge in [0.05, 0.1) is 6.54 Å². The minimum absolute atomic E-state index is 0.123. The second-order valence-electron chi connectivity index (χ2n) is 7.26. The number of hydrogen-bond acceptors (Lipinski definition) is 5. The van der Waals surface area contributed by atoms with Gasteiger partial charge in [-0.25, -0.2) is 17.8 Å². The number of benzene rings is 1. The summed E-state index contributed by atoms with van der Waals surface area (Å²) >= 11 is 0. The van der Waals surface area contributed by atoms with E-state index in [1.54, 1.807) is 31.4 Å². The van der Waals surface area contributed by atoms with E-state index in [9.17, 15) is 12.8 Å². The van der Waals surface area contributed by atoms with E-state index in [2.05, 4.69) is 9.88 Å². The molecule has 0 unspecified atom stereocenters. The van der Waals surface area contributed by atoms with Crippen molar-refractivity contribution in [1.82, 2.24) is 14.2 Å². The minimum atomic E-state index is -3.60. The predicted octanol–water partition coefficient (Wildman–Crippen LogP) is 2.27. The lowest BCUT2D eigenvalue weighted by molar-refractivity contribution is -0.0120. The summed E-state index contributed by atoms with van der Waals surface area (Å²) in [5.41, 5.74) is 0.474. The molecule has 2 aromatic rings. The Kier molecular flexibility index (Phi) is 4.65. The molecule has 3 heterocycles. The Morgan fingerprint density at radius 1 is 1.19 bits per heavy atom. The number of pyridine rings is 1. The maximum atomic E-state index is 13.1. The zero-order valence-corrected chi connectivity index (χ0v) is 16.0. The molecule has 4 rings (SSSR count). The molecule has 1 aromatic carbocycles. The number of ether oxygens (including phenoxy) is 1. The van der Waals surface area contributed by atoms with Crippen LogP contribution in [0.1, 0.15) is 18.4 Å². The quantitative estimate of drug-likeness (QED) is 0.786. The van der Waals surface area contributed by atoms with Gasteiger partial charge in [-0.1, -0.05) is 12.1 Å². The third-order valence-electron chi connectivity index (χ3n) is 5.34. The van der Waals surface area contributed by atoms with E-state index in [0.29, 0.717) is 19.4 Å². The van der Waals surface area contributed by atoms with Crippen LogP contribution in [-0.4, -0.2) is 54.9 Å². The molecule has 0 aliphatic carbocycles. The van der Waals surface area contributed by atoms with E-state index in [0.717, 1.165) is 25.2 Å². The maximum absolute atomic E-state index is 13.1. The van der Waals surface area contributed by atoms with Crippen LogP contribution in [0.3, 0.4) is 0 Å². The van der Waals surface area contributed by atoms with Gasteiger partial charge in [0.25, 0.3) is 0 Å². The Bertz CT molecular complexity index is 925. The van der Waals surface area contributed by atoms with Crippen molar-refractivity contribution in [2.45, 2.75) is 29.9 Å². The Hall–Kier alpha value is -2.03. The number of fused-ring (bicyclic) bond motifs is 1. The smallest absolute Gasteiger partial charge is 0.248 e. The molecule has 0 radical (unpaired) electrons. The second-order valence-corrected chi connectivity index (χ2v) is 9.27. The van der Waals surface area contributed by atoms with Gasteiger partial charge in [0, 0.05) is 45.7 Å². The Labute approximate surface area is 158 Å². The van der Waals surface area contributed by atoms with Crippen LogP contribution < -0.4 is 4.74 Å². The summed E-state index contributed by atoms with van der Waals surface area (Å²) in [7, 11) is -2.01. The lowest BCUT2D eigenvalue weighted by Crippen LogP contribution is -2.53. The number of likely N-dealkylation sites (N-methyl/N-ethyl adjacent to an activating group) is 1. The first-order valence-electron chi connectivity index (χ1n) is 8.95. The summed E-state index contributed by atoms with van der Waals surface area (Å²) in [5.74, 6) is -0.0487. The summed E-state index contributed by atoms with van der Waals surface area (Å²) in [4.78, 5) is 6.58. The average Bonchev–Trinajstić information content (AvgIpc) is 2.73. The third-order valence-corrected chi connectivity index (χ3v) is 7.15. The summed E-state index contributed by atoms with van der Waals surface area (Å²) < 4.78 is 46.1. The number of hydrogen-bond donors (Lipinski definition) is 0.